The minimum absolute atomic E-state index is 0.0367. The van der Waals surface area contributed by atoms with E-state index in [4.69, 9.17) is 5.11 Å². The first-order valence-electron chi connectivity index (χ1n) is 9.74. The molecule has 0 atom stereocenters. The van der Waals surface area contributed by atoms with Crippen LogP contribution in [0.1, 0.15) is 27.1 Å². The minimum Gasteiger partial charge on any atom is -0.465 e. The summed E-state index contributed by atoms with van der Waals surface area (Å²) in [4.78, 5) is 48.2. The second-order valence-corrected chi connectivity index (χ2v) is 7.79. The van der Waals surface area contributed by atoms with Crippen LogP contribution in [0, 0.1) is 0 Å². The van der Waals surface area contributed by atoms with Gasteiger partial charge in [-0.15, -0.1) is 0 Å². The van der Waals surface area contributed by atoms with Gasteiger partial charge in [0.1, 0.15) is 0 Å². The molecule has 0 bridgehead atoms. The molecule has 3 amide bonds. The van der Waals surface area contributed by atoms with Gasteiger partial charge in [0, 0.05) is 23.1 Å². The van der Waals surface area contributed by atoms with Crippen LogP contribution in [0.3, 0.4) is 0 Å². The third-order valence-corrected chi connectivity index (χ3v) is 5.10. The molecular weight excluding hydrogens is 478 g/mol. The number of nitrogens with one attached hydrogen (secondary N) is 3. The highest BCUT2D eigenvalue weighted by atomic mass is 79.9. The van der Waals surface area contributed by atoms with Crippen molar-refractivity contribution in [3.8, 4) is 0 Å². The number of carboxylic acid groups (broad SMARTS) is 1. The van der Waals surface area contributed by atoms with Crippen LogP contribution in [0.2, 0.25) is 0 Å². The van der Waals surface area contributed by atoms with Crippen molar-refractivity contribution in [3.63, 3.8) is 0 Å². The molecule has 4 N–H and O–H groups in total. The molecule has 0 heterocycles. The quantitative estimate of drug-likeness (QED) is 0.214. The predicted molar refractivity (Wildman–Crippen MR) is 124 cm³/mol. The Kier molecular flexibility index (Phi) is 7.56. The minimum atomic E-state index is -1.16. The number of anilines is 1. The molecule has 0 spiro atoms. The molecule has 0 aliphatic carbocycles. The first-order valence-corrected chi connectivity index (χ1v) is 10.5. The summed E-state index contributed by atoms with van der Waals surface area (Å²) in [6.45, 7) is 0.269. The summed E-state index contributed by atoms with van der Waals surface area (Å²) in [5.41, 5.74) is 0.661. The van der Waals surface area contributed by atoms with Crippen molar-refractivity contribution in [1.82, 2.24) is 10.6 Å². The monoisotopic (exact) mass is 497 g/mol. The lowest BCUT2D eigenvalue weighted by molar-refractivity contribution is -0.117. The maximum Gasteiger partial charge on any atom is 0.404 e. The standard InChI is InChI=1S/C23H20BrN3O5/c24-17-8-9-19(18(13-17)20(28)22(30)25-10-3-11-26-23(31)32)27-21(29)16-7-6-14-4-1-2-5-15(14)12-16/h1-2,4-9,12-13,26H,3,10-11H2,(H,25,30)(H,27,29)(H,31,32). The SMILES string of the molecule is O=C(O)NCCCNC(=O)C(=O)c1cc(Br)ccc1NC(=O)c1ccc2ccccc2c1. The van der Waals surface area contributed by atoms with Gasteiger partial charge >= 0.3 is 6.09 Å². The van der Waals surface area contributed by atoms with Crippen LogP contribution in [0.4, 0.5) is 10.5 Å². The number of rotatable bonds is 8. The molecule has 0 aliphatic heterocycles. The summed E-state index contributed by atoms with van der Waals surface area (Å²) in [5.74, 6) is -2.07. The molecule has 0 aromatic heterocycles. The number of amides is 3. The van der Waals surface area contributed by atoms with E-state index in [9.17, 15) is 19.2 Å². The van der Waals surface area contributed by atoms with Crippen molar-refractivity contribution in [3.05, 3.63) is 76.3 Å². The van der Waals surface area contributed by atoms with Crippen molar-refractivity contribution >= 4 is 56.1 Å². The highest BCUT2D eigenvalue weighted by molar-refractivity contribution is 9.10. The Morgan fingerprint density at radius 1 is 0.844 bits per heavy atom. The number of ketones is 1. The van der Waals surface area contributed by atoms with Crippen molar-refractivity contribution in [2.24, 2.45) is 0 Å². The number of hydrogen-bond acceptors (Lipinski definition) is 4. The fraction of sp³-hybridized carbons (Fsp3) is 0.130. The van der Waals surface area contributed by atoms with Gasteiger partial charge in [-0.05, 0) is 47.5 Å². The number of Topliss-reactive ketones (excluding diaryl/α,β-unsaturated/α-hetero) is 1. The second-order valence-electron chi connectivity index (χ2n) is 6.88. The smallest absolute Gasteiger partial charge is 0.404 e. The largest absolute Gasteiger partial charge is 0.465 e. The van der Waals surface area contributed by atoms with E-state index in [0.29, 0.717) is 16.5 Å². The van der Waals surface area contributed by atoms with Crippen molar-refractivity contribution in [2.45, 2.75) is 6.42 Å². The lowest BCUT2D eigenvalue weighted by Crippen LogP contribution is -2.34. The molecule has 0 fully saturated rings. The van der Waals surface area contributed by atoms with Crippen LogP contribution >= 0.6 is 15.9 Å². The molecule has 8 nitrogen and oxygen atoms in total. The zero-order valence-corrected chi connectivity index (χ0v) is 18.4. The van der Waals surface area contributed by atoms with Crippen LogP contribution in [0.5, 0.6) is 0 Å². The number of benzene rings is 3. The second kappa shape index (κ2) is 10.5. The number of fused-ring (bicyclic) bond motifs is 1. The fourth-order valence-corrected chi connectivity index (χ4v) is 3.39. The lowest BCUT2D eigenvalue weighted by atomic mass is 10.1. The van der Waals surface area contributed by atoms with Crippen LogP contribution in [-0.4, -0.2) is 41.9 Å². The molecule has 0 saturated carbocycles. The number of hydrogen-bond donors (Lipinski definition) is 4. The Bertz CT molecular complexity index is 1200. The van der Waals surface area contributed by atoms with Gasteiger partial charge in [0.05, 0.1) is 11.3 Å². The Hall–Kier alpha value is -3.72. The Morgan fingerprint density at radius 2 is 1.56 bits per heavy atom. The summed E-state index contributed by atoms with van der Waals surface area (Å²) in [6, 6.07) is 17.6. The summed E-state index contributed by atoms with van der Waals surface area (Å²) in [5, 5.41) is 17.8. The van der Waals surface area contributed by atoms with Crippen LogP contribution in [0.15, 0.2) is 65.1 Å². The fourth-order valence-electron chi connectivity index (χ4n) is 3.03. The van der Waals surface area contributed by atoms with E-state index >= 15 is 0 Å². The zero-order chi connectivity index (χ0) is 23.1. The van der Waals surface area contributed by atoms with Crippen LogP contribution in [-0.2, 0) is 4.79 Å². The van der Waals surface area contributed by atoms with Crippen LogP contribution in [0.25, 0.3) is 10.8 Å². The van der Waals surface area contributed by atoms with Crippen LogP contribution < -0.4 is 16.0 Å². The Morgan fingerprint density at radius 3 is 2.31 bits per heavy atom. The average molecular weight is 498 g/mol. The van der Waals surface area contributed by atoms with Gasteiger partial charge in [0.2, 0.25) is 0 Å². The molecule has 0 radical (unpaired) electrons. The van der Waals surface area contributed by atoms with Gasteiger partial charge in [-0.2, -0.15) is 0 Å². The highest BCUT2D eigenvalue weighted by Gasteiger charge is 2.21. The van der Waals surface area contributed by atoms with E-state index in [2.05, 4.69) is 31.9 Å². The molecule has 3 aromatic carbocycles. The summed E-state index contributed by atoms with van der Waals surface area (Å²) < 4.78 is 0.572. The van der Waals surface area contributed by atoms with E-state index in [0.717, 1.165) is 10.8 Å². The van der Waals surface area contributed by atoms with E-state index in [1.807, 2.05) is 30.3 Å². The maximum atomic E-state index is 12.8. The summed E-state index contributed by atoms with van der Waals surface area (Å²) in [7, 11) is 0. The van der Waals surface area contributed by atoms with Gasteiger partial charge < -0.3 is 21.1 Å². The number of halogens is 1. The molecular formula is C23H20BrN3O5. The number of carbonyl (C=O) groups excluding carboxylic acids is 3. The molecule has 3 aromatic rings. The van der Waals surface area contributed by atoms with Gasteiger partial charge in [-0.3, -0.25) is 14.4 Å². The molecule has 0 unspecified atom stereocenters. The average Bonchev–Trinajstić information content (AvgIpc) is 2.78. The Balaban J connectivity index is 1.72. The molecule has 164 valence electrons. The van der Waals surface area contributed by atoms with Gasteiger partial charge in [-0.1, -0.05) is 46.3 Å². The van der Waals surface area contributed by atoms with Crippen molar-refractivity contribution in [2.75, 3.05) is 18.4 Å². The van der Waals surface area contributed by atoms with Gasteiger partial charge in [-0.25, -0.2) is 4.79 Å². The third-order valence-electron chi connectivity index (χ3n) is 4.61. The van der Waals surface area contributed by atoms with E-state index in [1.54, 1.807) is 24.3 Å². The van der Waals surface area contributed by atoms with Gasteiger partial charge in [0.15, 0.2) is 0 Å². The van der Waals surface area contributed by atoms with E-state index in [1.165, 1.54) is 6.07 Å². The first kappa shape index (κ1) is 23.0. The molecule has 32 heavy (non-hydrogen) atoms. The van der Waals surface area contributed by atoms with Gasteiger partial charge in [0.25, 0.3) is 17.6 Å². The molecule has 0 saturated heterocycles. The summed E-state index contributed by atoms with van der Waals surface area (Å²) in [6.07, 6.45) is -0.830. The van der Waals surface area contributed by atoms with E-state index < -0.39 is 23.7 Å². The normalized spacial score (nSPS) is 10.4. The molecule has 0 aliphatic rings. The molecule has 9 heteroatoms. The van der Waals surface area contributed by atoms with Crippen molar-refractivity contribution < 1.29 is 24.3 Å². The van der Waals surface area contributed by atoms with E-state index in [-0.39, 0.29) is 24.3 Å². The maximum absolute atomic E-state index is 12.8. The predicted octanol–water partition coefficient (Wildman–Crippen LogP) is 3.81. The zero-order valence-electron chi connectivity index (χ0n) is 16.9. The third kappa shape index (κ3) is 5.92. The molecule has 3 rings (SSSR count). The highest BCUT2D eigenvalue weighted by Crippen LogP contribution is 2.23. The van der Waals surface area contributed by atoms with Crippen molar-refractivity contribution in [1.29, 1.82) is 0 Å². The summed E-state index contributed by atoms with van der Waals surface area (Å²) >= 11 is 3.28. The lowest BCUT2D eigenvalue weighted by Gasteiger charge is -2.12. The number of carbonyl (C=O) groups is 4. The first-order chi connectivity index (χ1) is 15.3. The topological polar surface area (TPSA) is 125 Å². The Labute approximate surface area is 192 Å².